The van der Waals surface area contributed by atoms with Gasteiger partial charge in [0.05, 0.1) is 0 Å². The lowest BCUT2D eigenvalue weighted by atomic mass is 10.0. The van der Waals surface area contributed by atoms with E-state index in [-0.39, 0.29) is 41.2 Å². The summed E-state index contributed by atoms with van der Waals surface area (Å²) in [6.07, 6.45) is 0. The van der Waals surface area contributed by atoms with Crippen molar-refractivity contribution in [1.29, 1.82) is 0 Å². The van der Waals surface area contributed by atoms with Crippen molar-refractivity contribution in [2.45, 2.75) is 23.2 Å². The number of anilines is 2. The highest BCUT2D eigenvalue weighted by Crippen LogP contribution is 2.40. The van der Waals surface area contributed by atoms with E-state index in [9.17, 15) is 24.3 Å². The molecule has 206 valence electrons. The average molecular weight is 593 g/mol. The normalized spacial score (nSPS) is 18.7. The summed E-state index contributed by atoms with van der Waals surface area (Å²) in [5.74, 6) is -2.55. The van der Waals surface area contributed by atoms with E-state index in [1.54, 1.807) is 6.07 Å². The van der Waals surface area contributed by atoms with E-state index < -0.39 is 35.2 Å². The van der Waals surface area contributed by atoms with Gasteiger partial charge in [-0.3, -0.25) is 19.3 Å². The molecule has 0 bridgehead atoms. The molecular formula is C23H24N6O7S3. The first kappa shape index (κ1) is 28.3. The summed E-state index contributed by atoms with van der Waals surface area (Å²) < 4.78 is 4.93. The van der Waals surface area contributed by atoms with Gasteiger partial charge in [0, 0.05) is 40.0 Å². The number of esters is 1. The number of amides is 2. The molecule has 3 heterocycles. The molecule has 1 unspecified atom stereocenters. The zero-order chi connectivity index (χ0) is 28.1. The van der Waals surface area contributed by atoms with Crippen molar-refractivity contribution >= 4 is 75.1 Å². The third-order valence-electron chi connectivity index (χ3n) is 5.47. The van der Waals surface area contributed by atoms with Crippen molar-refractivity contribution in [1.82, 2.24) is 15.2 Å². The lowest BCUT2D eigenvalue weighted by Gasteiger charge is -2.49. The molecular weight excluding hydrogens is 568 g/mol. The number of ether oxygens (including phenoxy) is 1. The molecule has 2 aliphatic rings. The summed E-state index contributed by atoms with van der Waals surface area (Å²) in [5.41, 5.74) is 12.3. The molecule has 2 atom stereocenters. The van der Waals surface area contributed by atoms with Crippen LogP contribution in [-0.2, 0) is 28.8 Å². The number of carboxylic acid groups (broad SMARTS) is 1. The zero-order valence-corrected chi connectivity index (χ0v) is 22.9. The molecule has 0 radical (unpaired) electrons. The SMILES string of the molecule is CC(=O)OCC1=C(C(=O)O)N2C(=O)C(NC(=O)C(=NOCCSc3ccccc3N)c3csc(N)n3)[C@H]2SC1. The average Bonchev–Trinajstić information content (AvgIpc) is 3.33. The number of nitrogens with two attached hydrogens (primary N) is 2. The van der Waals surface area contributed by atoms with Crippen molar-refractivity contribution in [3.63, 3.8) is 0 Å². The third-order valence-corrected chi connectivity index (χ3v) is 8.54. The molecule has 0 saturated carbocycles. The summed E-state index contributed by atoms with van der Waals surface area (Å²) in [4.78, 5) is 60.6. The van der Waals surface area contributed by atoms with Gasteiger partial charge < -0.3 is 31.5 Å². The number of oxime groups is 1. The Labute approximate surface area is 235 Å². The van der Waals surface area contributed by atoms with Crippen LogP contribution in [0.5, 0.6) is 0 Å². The van der Waals surface area contributed by atoms with Gasteiger partial charge in [0.1, 0.15) is 36.0 Å². The Hall–Kier alpha value is -3.76. The number of aliphatic carboxylic acids is 1. The van der Waals surface area contributed by atoms with Gasteiger partial charge in [-0.05, 0) is 12.1 Å². The number of thiazole rings is 1. The minimum absolute atomic E-state index is 0.155. The Balaban J connectivity index is 1.43. The van der Waals surface area contributed by atoms with Crippen molar-refractivity contribution < 1.29 is 33.9 Å². The molecule has 2 aromatic rings. The van der Waals surface area contributed by atoms with Gasteiger partial charge in [-0.2, -0.15) is 0 Å². The fraction of sp³-hybridized carbons (Fsp3) is 0.304. The van der Waals surface area contributed by atoms with Crippen LogP contribution in [0, 0.1) is 0 Å². The number of thioether (sulfide) groups is 2. The number of nitrogens with zero attached hydrogens (tertiary/aromatic N) is 3. The first-order valence-corrected chi connectivity index (χ1v) is 14.3. The van der Waals surface area contributed by atoms with Gasteiger partial charge in [-0.15, -0.1) is 34.9 Å². The number of rotatable bonds is 11. The van der Waals surface area contributed by atoms with Crippen LogP contribution in [0.15, 0.2) is 51.0 Å². The third kappa shape index (κ3) is 6.46. The zero-order valence-electron chi connectivity index (χ0n) is 20.5. The molecule has 0 aliphatic carbocycles. The number of carbonyl (C=O) groups excluding carboxylic acids is 3. The number of fused-ring (bicyclic) bond motifs is 1. The maximum atomic E-state index is 13.2. The predicted octanol–water partition coefficient (Wildman–Crippen LogP) is 1.12. The number of benzene rings is 1. The topological polar surface area (TPSA) is 200 Å². The molecule has 39 heavy (non-hydrogen) atoms. The fourth-order valence-electron chi connectivity index (χ4n) is 3.70. The highest BCUT2D eigenvalue weighted by molar-refractivity contribution is 8.00. The number of carboxylic acids is 1. The van der Waals surface area contributed by atoms with E-state index in [1.165, 1.54) is 35.8 Å². The molecule has 1 aromatic carbocycles. The van der Waals surface area contributed by atoms with Crippen LogP contribution in [-0.4, -0.2) is 80.6 Å². The number of para-hydroxylation sites is 1. The molecule has 1 fully saturated rings. The monoisotopic (exact) mass is 592 g/mol. The number of nitrogen functional groups attached to an aromatic ring is 2. The summed E-state index contributed by atoms with van der Waals surface area (Å²) >= 11 is 3.81. The molecule has 0 spiro atoms. The van der Waals surface area contributed by atoms with E-state index in [2.05, 4.69) is 15.5 Å². The second-order valence-electron chi connectivity index (χ2n) is 8.13. The molecule has 2 aliphatic heterocycles. The van der Waals surface area contributed by atoms with Crippen molar-refractivity contribution in [2.75, 3.05) is 36.2 Å². The minimum atomic E-state index is -1.33. The smallest absolute Gasteiger partial charge is 0.352 e. The molecule has 2 amide bonds. The molecule has 6 N–H and O–H groups in total. The summed E-state index contributed by atoms with van der Waals surface area (Å²) in [7, 11) is 0. The van der Waals surface area contributed by atoms with E-state index in [1.807, 2.05) is 18.2 Å². The van der Waals surface area contributed by atoms with Gasteiger partial charge in [0.25, 0.3) is 11.8 Å². The van der Waals surface area contributed by atoms with Crippen LogP contribution in [0.1, 0.15) is 12.6 Å². The van der Waals surface area contributed by atoms with Crippen LogP contribution in [0.2, 0.25) is 0 Å². The largest absolute Gasteiger partial charge is 0.477 e. The number of carbonyl (C=O) groups is 4. The Morgan fingerprint density at radius 3 is 2.74 bits per heavy atom. The Bertz CT molecular complexity index is 1360. The van der Waals surface area contributed by atoms with Gasteiger partial charge in [0.15, 0.2) is 10.8 Å². The first-order chi connectivity index (χ1) is 18.7. The summed E-state index contributed by atoms with van der Waals surface area (Å²) in [5, 5.41) is 17.4. The van der Waals surface area contributed by atoms with Crippen molar-refractivity contribution in [3.05, 3.63) is 46.6 Å². The molecule has 16 heteroatoms. The minimum Gasteiger partial charge on any atom is -0.477 e. The van der Waals surface area contributed by atoms with Gasteiger partial charge in [-0.25, -0.2) is 9.78 Å². The number of nitrogens with one attached hydrogen (secondary N) is 1. The summed E-state index contributed by atoms with van der Waals surface area (Å²) in [6, 6.07) is 6.37. The lowest BCUT2D eigenvalue weighted by Crippen LogP contribution is -2.71. The van der Waals surface area contributed by atoms with Crippen molar-refractivity contribution in [2.24, 2.45) is 5.16 Å². The maximum absolute atomic E-state index is 13.2. The Morgan fingerprint density at radius 2 is 2.08 bits per heavy atom. The lowest BCUT2D eigenvalue weighted by molar-refractivity contribution is -0.150. The van der Waals surface area contributed by atoms with E-state index in [0.717, 1.165) is 21.1 Å². The fourth-order valence-corrected chi connectivity index (χ4v) is 6.37. The van der Waals surface area contributed by atoms with Gasteiger partial charge in [-0.1, -0.05) is 17.3 Å². The summed E-state index contributed by atoms with van der Waals surface area (Å²) in [6.45, 7) is 1.12. The number of hydrogen-bond donors (Lipinski definition) is 4. The Morgan fingerprint density at radius 1 is 1.31 bits per heavy atom. The maximum Gasteiger partial charge on any atom is 0.352 e. The number of hydrogen-bond acceptors (Lipinski definition) is 13. The Kier molecular flexibility index (Phi) is 8.98. The highest BCUT2D eigenvalue weighted by atomic mass is 32.2. The van der Waals surface area contributed by atoms with Crippen molar-refractivity contribution in [3.8, 4) is 0 Å². The van der Waals surface area contributed by atoms with Gasteiger partial charge >= 0.3 is 11.9 Å². The van der Waals surface area contributed by atoms with Crippen LogP contribution in [0.4, 0.5) is 10.8 Å². The van der Waals surface area contributed by atoms with E-state index in [0.29, 0.717) is 17.0 Å². The van der Waals surface area contributed by atoms with Crippen LogP contribution >= 0.6 is 34.9 Å². The predicted molar refractivity (Wildman–Crippen MR) is 147 cm³/mol. The van der Waals surface area contributed by atoms with Crippen LogP contribution in [0.25, 0.3) is 0 Å². The quantitative estimate of drug-likeness (QED) is 0.0552. The number of aromatic nitrogens is 1. The molecule has 1 saturated heterocycles. The molecule has 13 nitrogen and oxygen atoms in total. The van der Waals surface area contributed by atoms with E-state index >= 15 is 0 Å². The van der Waals surface area contributed by atoms with Gasteiger partial charge in [0.2, 0.25) is 0 Å². The molecule has 4 rings (SSSR count). The second-order valence-corrected chi connectivity index (χ2v) is 11.3. The molecule has 1 aromatic heterocycles. The standard InChI is InChI=1S/C23H24N6O7S3/c1-11(30)35-8-12-9-38-21-17(20(32)29(21)18(12)22(33)34)27-19(31)16(14-10-39-23(25)26-14)28-36-6-7-37-15-5-3-2-4-13(15)24/h2-5,10,17,21H,6-9,24H2,1H3,(H2,25,26)(H,27,31)(H,33,34)/t17?,21-/m1/s1. The van der Waals surface area contributed by atoms with Crippen LogP contribution in [0.3, 0.4) is 0 Å². The first-order valence-electron chi connectivity index (χ1n) is 11.4. The second kappa shape index (κ2) is 12.4. The highest BCUT2D eigenvalue weighted by Gasteiger charge is 2.54. The van der Waals surface area contributed by atoms with E-state index in [4.69, 9.17) is 21.0 Å². The van der Waals surface area contributed by atoms with Crippen LogP contribution < -0.4 is 16.8 Å². The number of β-lactam (4-membered cyclic amide) rings is 1.